The lowest BCUT2D eigenvalue weighted by molar-refractivity contribution is 0.0529. The highest BCUT2D eigenvalue weighted by Gasteiger charge is 2.15. The summed E-state index contributed by atoms with van der Waals surface area (Å²) in [5, 5.41) is 16.1. The van der Waals surface area contributed by atoms with Crippen molar-refractivity contribution < 1.29 is 9.53 Å². The Bertz CT molecular complexity index is 554. The Balaban J connectivity index is 0.00000625. The summed E-state index contributed by atoms with van der Waals surface area (Å²) < 4.78 is 5.19. The third-order valence-electron chi connectivity index (χ3n) is 3.24. The summed E-state index contributed by atoms with van der Waals surface area (Å²) in [7, 11) is 0. The second kappa shape index (κ2) is 12.8. The van der Waals surface area contributed by atoms with Crippen LogP contribution in [-0.4, -0.2) is 54.0 Å². The van der Waals surface area contributed by atoms with Gasteiger partial charge in [-0.3, -0.25) is 10.1 Å². The van der Waals surface area contributed by atoms with E-state index < -0.39 is 11.7 Å². The summed E-state index contributed by atoms with van der Waals surface area (Å²) in [5.74, 6) is 0.748. The molecule has 0 atom stereocenters. The van der Waals surface area contributed by atoms with Crippen LogP contribution in [0.2, 0.25) is 0 Å². The highest BCUT2D eigenvalue weighted by Crippen LogP contribution is 2.06. The van der Waals surface area contributed by atoms with E-state index in [1.54, 1.807) is 0 Å². The molecule has 150 valence electrons. The third-order valence-corrected chi connectivity index (χ3v) is 3.24. The van der Waals surface area contributed by atoms with Crippen LogP contribution in [0.4, 0.5) is 4.79 Å². The summed E-state index contributed by atoms with van der Waals surface area (Å²) in [4.78, 5) is 16.1. The molecule has 9 heteroatoms. The van der Waals surface area contributed by atoms with Gasteiger partial charge in [0, 0.05) is 31.9 Å². The SMILES string of the molecule is CCNC(=NCCCc1cn[nH]c1C)NCCNC(=O)OC(C)(C)C.I. The monoisotopic (exact) mass is 480 g/mol. The topological polar surface area (TPSA) is 103 Å². The number of aromatic amines is 1. The van der Waals surface area contributed by atoms with Gasteiger partial charge in [0.1, 0.15) is 5.60 Å². The third kappa shape index (κ3) is 11.2. The number of ether oxygens (including phenoxy) is 1. The van der Waals surface area contributed by atoms with Crippen LogP contribution in [0.1, 0.15) is 45.4 Å². The average molecular weight is 480 g/mol. The molecule has 1 heterocycles. The second-order valence-electron chi connectivity index (χ2n) is 6.74. The first-order valence-electron chi connectivity index (χ1n) is 8.79. The molecular weight excluding hydrogens is 447 g/mol. The molecule has 0 aromatic carbocycles. The van der Waals surface area contributed by atoms with Crippen LogP contribution in [0.25, 0.3) is 0 Å². The molecule has 1 aromatic rings. The number of rotatable bonds is 8. The predicted octanol–water partition coefficient (Wildman–Crippen LogP) is 2.35. The van der Waals surface area contributed by atoms with Gasteiger partial charge in [0.25, 0.3) is 0 Å². The zero-order valence-corrected chi connectivity index (χ0v) is 18.8. The van der Waals surface area contributed by atoms with Crippen molar-refractivity contribution in [2.24, 2.45) is 4.99 Å². The fourth-order valence-corrected chi connectivity index (χ4v) is 2.09. The zero-order chi connectivity index (χ0) is 18.7. The van der Waals surface area contributed by atoms with Gasteiger partial charge in [-0.2, -0.15) is 5.10 Å². The van der Waals surface area contributed by atoms with Gasteiger partial charge in [0.15, 0.2) is 5.96 Å². The number of H-pyrrole nitrogens is 1. The fraction of sp³-hybridized carbons (Fsp3) is 0.706. The molecule has 0 aliphatic rings. The lowest BCUT2D eigenvalue weighted by atomic mass is 10.1. The maximum absolute atomic E-state index is 11.6. The molecule has 0 aliphatic carbocycles. The van der Waals surface area contributed by atoms with Crippen LogP contribution in [-0.2, 0) is 11.2 Å². The number of aryl methyl sites for hydroxylation is 2. The van der Waals surface area contributed by atoms with Crippen molar-refractivity contribution in [2.75, 3.05) is 26.2 Å². The van der Waals surface area contributed by atoms with Crippen LogP contribution in [0, 0.1) is 6.92 Å². The minimum Gasteiger partial charge on any atom is -0.444 e. The van der Waals surface area contributed by atoms with Gasteiger partial charge in [-0.05, 0) is 53.0 Å². The van der Waals surface area contributed by atoms with E-state index in [0.717, 1.165) is 37.6 Å². The summed E-state index contributed by atoms with van der Waals surface area (Å²) in [5.41, 5.74) is 1.86. The smallest absolute Gasteiger partial charge is 0.407 e. The number of nitrogens with one attached hydrogen (secondary N) is 4. The van der Waals surface area contributed by atoms with Crippen molar-refractivity contribution in [1.29, 1.82) is 0 Å². The molecular formula is C17H33IN6O2. The Morgan fingerprint density at radius 3 is 2.54 bits per heavy atom. The summed E-state index contributed by atoms with van der Waals surface area (Å²) in [6, 6.07) is 0. The van der Waals surface area contributed by atoms with Crippen molar-refractivity contribution >= 4 is 36.0 Å². The Hall–Kier alpha value is -1.52. The molecule has 1 aromatic heterocycles. The maximum atomic E-state index is 11.6. The van der Waals surface area contributed by atoms with Crippen molar-refractivity contribution in [1.82, 2.24) is 26.1 Å². The lowest BCUT2D eigenvalue weighted by Crippen LogP contribution is -2.42. The first-order valence-corrected chi connectivity index (χ1v) is 8.79. The minimum absolute atomic E-state index is 0. The van der Waals surface area contributed by atoms with E-state index in [0.29, 0.717) is 13.1 Å². The number of hydrogen-bond acceptors (Lipinski definition) is 4. The van der Waals surface area contributed by atoms with Gasteiger partial charge in [-0.25, -0.2) is 4.79 Å². The first-order chi connectivity index (χ1) is 11.8. The zero-order valence-electron chi connectivity index (χ0n) is 16.4. The minimum atomic E-state index is -0.485. The van der Waals surface area contributed by atoms with E-state index in [1.807, 2.05) is 40.8 Å². The van der Waals surface area contributed by atoms with Gasteiger partial charge in [-0.1, -0.05) is 0 Å². The van der Waals surface area contributed by atoms with Gasteiger partial charge in [0.05, 0.1) is 6.20 Å². The number of carbonyl (C=O) groups is 1. The van der Waals surface area contributed by atoms with Gasteiger partial charge >= 0.3 is 6.09 Å². The molecule has 0 spiro atoms. The highest BCUT2D eigenvalue weighted by molar-refractivity contribution is 14.0. The molecule has 0 saturated carbocycles. The maximum Gasteiger partial charge on any atom is 0.407 e. The number of alkyl carbamates (subject to hydrolysis) is 1. The Kier molecular flexibility index (Phi) is 12.0. The van der Waals surface area contributed by atoms with Crippen molar-refractivity contribution in [2.45, 2.75) is 53.1 Å². The van der Waals surface area contributed by atoms with Gasteiger partial charge in [0.2, 0.25) is 0 Å². The molecule has 0 radical (unpaired) electrons. The quantitative estimate of drug-likeness (QED) is 0.198. The molecule has 0 fully saturated rings. The highest BCUT2D eigenvalue weighted by atomic mass is 127. The molecule has 4 N–H and O–H groups in total. The van der Waals surface area contributed by atoms with E-state index in [9.17, 15) is 4.79 Å². The standard InChI is InChI=1S/C17H32N6O2.HI/c1-6-18-15(19-9-7-8-14-12-22-23-13(14)2)20-10-11-21-16(24)25-17(3,4)5;/h12H,6-11H2,1-5H3,(H,21,24)(H,22,23)(H2,18,19,20);1H. The number of halogens is 1. The Labute approximate surface area is 173 Å². The molecule has 0 aliphatic heterocycles. The molecule has 0 bridgehead atoms. The van der Waals surface area contributed by atoms with E-state index in [1.165, 1.54) is 5.56 Å². The summed E-state index contributed by atoms with van der Waals surface area (Å²) >= 11 is 0. The Morgan fingerprint density at radius 1 is 1.27 bits per heavy atom. The number of amides is 1. The largest absolute Gasteiger partial charge is 0.444 e. The first kappa shape index (κ1) is 24.5. The number of aliphatic imine (C=N–C) groups is 1. The molecule has 26 heavy (non-hydrogen) atoms. The molecule has 0 saturated heterocycles. The number of hydrogen-bond donors (Lipinski definition) is 4. The Morgan fingerprint density at radius 2 is 1.96 bits per heavy atom. The molecule has 1 rings (SSSR count). The molecule has 1 amide bonds. The predicted molar refractivity (Wildman–Crippen MR) is 115 cm³/mol. The van der Waals surface area contributed by atoms with Gasteiger partial charge < -0.3 is 20.7 Å². The molecule has 0 unspecified atom stereocenters. The fourth-order valence-electron chi connectivity index (χ4n) is 2.09. The van der Waals surface area contributed by atoms with E-state index >= 15 is 0 Å². The van der Waals surface area contributed by atoms with Crippen molar-refractivity contribution in [3.63, 3.8) is 0 Å². The van der Waals surface area contributed by atoms with Crippen molar-refractivity contribution in [3.8, 4) is 0 Å². The van der Waals surface area contributed by atoms with Crippen LogP contribution < -0.4 is 16.0 Å². The van der Waals surface area contributed by atoms with Crippen LogP contribution in [0.15, 0.2) is 11.2 Å². The number of nitrogens with zero attached hydrogens (tertiary/aromatic N) is 2. The van der Waals surface area contributed by atoms with Crippen LogP contribution in [0.3, 0.4) is 0 Å². The van der Waals surface area contributed by atoms with Crippen molar-refractivity contribution in [3.05, 3.63) is 17.5 Å². The molecule has 8 nitrogen and oxygen atoms in total. The second-order valence-corrected chi connectivity index (χ2v) is 6.74. The van der Waals surface area contributed by atoms with E-state index in [4.69, 9.17) is 4.74 Å². The van der Waals surface area contributed by atoms with Crippen LogP contribution >= 0.6 is 24.0 Å². The normalized spacial score (nSPS) is 11.5. The summed E-state index contributed by atoms with van der Waals surface area (Å²) in [6.45, 7) is 12.1. The van der Waals surface area contributed by atoms with Crippen LogP contribution in [0.5, 0.6) is 0 Å². The van der Waals surface area contributed by atoms with E-state index in [2.05, 4.69) is 31.1 Å². The average Bonchev–Trinajstić information content (AvgIpc) is 2.91. The number of aromatic nitrogens is 2. The van der Waals surface area contributed by atoms with Gasteiger partial charge in [-0.15, -0.1) is 24.0 Å². The number of carbonyl (C=O) groups excluding carboxylic acids is 1. The summed E-state index contributed by atoms with van der Waals surface area (Å²) in [6.07, 6.45) is 3.36. The lowest BCUT2D eigenvalue weighted by Gasteiger charge is -2.19. The van der Waals surface area contributed by atoms with E-state index in [-0.39, 0.29) is 24.0 Å². The number of guanidine groups is 1.